The lowest BCUT2D eigenvalue weighted by Crippen LogP contribution is -2.08. The Labute approximate surface area is 120 Å². The van der Waals surface area contributed by atoms with Crippen LogP contribution in [-0.4, -0.2) is 17.7 Å². The lowest BCUT2D eigenvalue weighted by atomic mass is 10.2. The minimum atomic E-state index is -4.07. The van der Waals surface area contributed by atoms with Gasteiger partial charge < -0.3 is 5.32 Å². The largest absolute Gasteiger partial charge is 0.389 e. The van der Waals surface area contributed by atoms with E-state index in [1.807, 2.05) is 6.07 Å². The second kappa shape index (κ2) is 6.31. The average Bonchev–Trinajstić information content (AvgIpc) is 2.36. The van der Waals surface area contributed by atoms with Crippen LogP contribution in [0.5, 0.6) is 0 Å². The highest BCUT2D eigenvalue weighted by molar-refractivity contribution is 6.31. The summed E-state index contributed by atoms with van der Waals surface area (Å²) < 4.78 is 36.0. The van der Waals surface area contributed by atoms with Crippen LogP contribution >= 0.6 is 11.6 Å². The van der Waals surface area contributed by atoms with E-state index < -0.39 is 12.6 Å². The molecule has 1 heterocycles. The first-order valence-electron chi connectivity index (χ1n) is 6.30. The number of aromatic nitrogens is 1. The molecule has 0 bridgehead atoms. The second-order valence-electron chi connectivity index (χ2n) is 4.52. The fourth-order valence-electron chi connectivity index (χ4n) is 1.95. The van der Waals surface area contributed by atoms with E-state index >= 15 is 0 Å². The maximum atomic E-state index is 12.0. The van der Waals surface area contributed by atoms with Gasteiger partial charge in [0, 0.05) is 35.3 Å². The zero-order valence-electron chi connectivity index (χ0n) is 10.7. The first-order valence-corrected chi connectivity index (χ1v) is 6.68. The van der Waals surface area contributed by atoms with Gasteiger partial charge in [-0.05, 0) is 37.1 Å². The van der Waals surface area contributed by atoms with Crippen LogP contribution in [0.25, 0.3) is 10.9 Å². The molecule has 2 nitrogen and oxygen atoms in total. The van der Waals surface area contributed by atoms with Gasteiger partial charge in [0.25, 0.3) is 0 Å². The van der Waals surface area contributed by atoms with Crippen LogP contribution in [0.3, 0.4) is 0 Å². The summed E-state index contributed by atoms with van der Waals surface area (Å²) in [5.41, 5.74) is 1.62. The van der Waals surface area contributed by atoms with Gasteiger partial charge in [-0.25, -0.2) is 0 Å². The number of alkyl halides is 3. The molecule has 0 aliphatic rings. The Kier molecular flexibility index (Phi) is 4.70. The number of fused-ring (bicyclic) bond motifs is 1. The Morgan fingerprint density at radius 2 is 1.95 bits per heavy atom. The highest BCUT2D eigenvalue weighted by Gasteiger charge is 2.25. The summed E-state index contributed by atoms with van der Waals surface area (Å²) in [4.78, 5) is 4.21. The molecule has 0 atom stereocenters. The molecule has 0 aliphatic carbocycles. The van der Waals surface area contributed by atoms with E-state index in [1.54, 1.807) is 24.4 Å². The highest BCUT2D eigenvalue weighted by atomic mass is 35.5. The topological polar surface area (TPSA) is 24.9 Å². The molecule has 1 aromatic heterocycles. The van der Waals surface area contributed by atoms with Gasteiger partial charge >= 0.3 is 6.18 Å². The van der Waals surface area contributed by atoms with Gasteiger partial charge in [-0.2, -0.15) is 13.2 Å². The molecule has 2 rings (SSSR count). The molecular weight excluding hydrogens is 289 g/mol. The predicted octanol–water partition coefficient (Wildman–Crippen LogP) is 5.03. The molecule has 0 saturated heterocycles. The minimum absolute atomic E-state index is 0.130. The van der Waals surface area contributed by atoms with Crippen molar-refractivity contribution in [2.75, 3.05) is 11.9 Å². The van der Waals surface area contributed by atoms with Gasteiger partial charge in [0.05, 0.1) is 5.52 Å². The van der Waals surface area contributed by atoms with Gasteiger partial charge in [0.1, 0.15) is 0 Å². The quantitative estimate of drug-likeness (QED) is 0.783. The first kappa shape index (κ1) is 14.9. The van der Waals surface area contributed by atoms with Gasteiger partial charge in [0.2, 0.25) is 0 Å². The number of nitrogens with zero attached hydrogens (tertiary/aromatic N) is 1. The van der Waals surface area contributed by atoms with Crippen molar-refractivity contribution in [2.24, 2.45) is 0 Å². The lowest BCUT2D eigenvalue weighted by molar-refractivity contribution is -0.135. The number of hydrogen-bond acceptors (Lipinski definition) is 2. The average molecular weight is 303 g/mol. The molecule has 0 aliphatic heterocycles. The Bertz CT molecular complexity index is 584. The van der Waals surface area contributed by atoms with E-state index in [2.05, 4.69) is 10.3 Å². The monoisotopic (exact) mass is 302 g/mol. The zero-order valence-corrected chi connectivity index (χ0v) is 11.4. The van der Waals surface area contributed by atoms with Gasteiger partial charge in [-0.3, -0.25) is 4.98 Å². The zero-order chi connectivity index (χ0) is 14.6. The van der Waals surface area contributed by atoms with Gasteiger partial charge in [-0.1, -0.05) is 11.6 Å². The van der Waals surface area contributed by atoms with Crippen molar-refractivity contribution < 1.29 is 13.2 Å². The molecule has 108 valence electrons. The van der Waals surface area contributed by atoms with E-state index in [4.69, 9.17) is 11.6 Å². The van der Waals surface area contributed by atoms with Crippen molar-refractivity contribution >= 4 is 28.2 Å². The molecular formula is C14H14ClF3N2. The standard InChI is InChI=1S/C14H14ClF3N2/c15-10-3-4-11-12(5-8-20-13(11)9-10)19-7-2-1-6-14(16,17)18/h3-5,8-9H,1-2,6-7H2,(H,19,20). The molecule has 0 amide bonds. The number of nitrogens with one attached hydrogen (secondary N) is 1. The van der Waals surface area contributed by atoms with E-state index in [1.165, 1.54) is 0 Å². The SMILES string of the molecule is FC(F)(F)CCCCNc1ccnc2cc(Cl)ccc12. The summed E-state index contributed by atoms with van der Waals surface area (Å²) >= 11 is 5.89. The fraction of sp³-hybridized carbons (Fsp3) is 0.357. The third-order valence-corrected chi connectivity index (χ3v) is 3.14. The van der Waals surface area contributed by atoms with Crippen molar-refractivity contribution in [3.05, 3.63) is 35.5 Å². The molecule has 0 unspecified atom stereocenters. The number of unbranched alkanes of at least 4 members (excludes halogenated alkanes) is 1. The Morgan fingerprint density at radius 3 is 2.70 bits per heavy atom. The summed E-state index contributed by atoms with van der Waals surface area (Å²) in [6, 6.07) is 7.18. The molecule has 1 aromatic carbocycles. The number of rotatable bonds is 5. The predicted molar refractivity (Wildman–Crippen MR) is 75.1 cm³/mol. The molecule has 2 aromatic rings. The molecule has 20 heavy (non-hydrogen) atoms. The summed E-state index contributed by atoms with van der Waals surface area (Å²) in [5.74, 6) is 0. The molecule has 6 heteroatoms. The molecule has 0 fully saturated rings. The van der Waals surface area contributed by atoms with Crippen LogP contribution < -0.4 is 5.32 Å². The Morgan fingerprint density at radius 1 is 1.15 bits per heavy atom. The van der Waals surface area contributed by atoms with E-state index in [9.17, 15) is 13.2 Å². The van der Waals surface area contributed by atoms with Crippen molar-refractivity contribution in [2.45, 2.75) is 25.4 Å². The van der Waals surface area contributed by atoms with Crippen LogP contribution in [0, 0.1) is 0 Å². The lowest BCUT2D eigenvalue weighted by Gasteiger charge is -2.10. The maximum absolute atomic E-state index is 12.0. The van der Waals surface area contributed by atoms with Crippen molar-refractivity contribution in [3.8, 4) is 0 Å². The molecule has 0 spiro atoms. The summed E-state index contributed by atoms with van der Waals surface area (Å²) in [7, 11) is 0. The fourth-order valence-corrected chi connectivity index (χ4v) is 2.12. The van der Waals surface area contributed by atoms with Crippen LogP contribution in [0.4, 0.5) is 18.9 Å². The van der Waals surface area contributed by atoms with E-state index in [0.717, 1.165) is 16.6 Å². The van der Waals surface area contributed by atoms with Crippen LogP contribution in [0.15, 0.2) is 30.5 Å². The third kappa shape index (κ3) is 4.27. The molecule has 0 radical (unpaired) electrons. The summed E-state index contributed by atoms with van der Waals surface area (Å²) in [6.45, 7) is 0.498. The minimum Gasteiger partial charge on any atom is -0.384 e. The van der Waals surface area contributed by atoms with Crippen molar-refractivity contribution in [3.63, 3.8) is 0 Å². The summed E-state index contributed by atoms with van der Waals surface area (Å²) in [6.07, 6.45) is -2.56. The number of anilines is 1. The Balaban J connectivity index is 1.93. The normalized spacial score (nSPS) is 11.8. The number of pyridine rings is 1. The van der Waals surface area contributed by atoms with Gasteiger partial charge in [0.15, 0.2) is 0 Å². The number of halogens is 4. The van der Waals surface area contributed by atoms with Crippen molar-refractivity contribution in [1.29, 1.82) is 0 Å². The second-order valence-corrected chi connectivity index (χ2v) is 4.96. The summed E-state index contributed by atoms with van der Waals surface area (Å²) in [5, 5.41) is 4.66. The van der Waals surface area contributed by atoms with Crippen molar-refractivity contribution in [1.82, 2.24) is 4.98 Å². The van der Waals surface area contributed by atoms with Crippen LogP contribution in [0.2, 0.25) is 5.02 Å². The van der Waals surface area contributed by atoms with E-state index in [0.29, 0.717) is 18.0 Å². The Hall–Kier alpha value is -1.49. The molecule has 0 saturated carbocycles. The van der Waals surface area contributed by atoms with Crippen LogP contribution in [-0.2, 0) is 0 Å². The smallest absolute Gasteiger partial charge is 0.384 e. The van der Waals surface area contributed by atoms with Gasteiger partial charge in [-0.15, -0.1) is 0 Å². The number of benzene rings is 1. The molecule has 1 N–H and O–H groups in total. The maximum Gasteiger partial charge on any atom is 0.389 e. The van der Waals surface area contributed by atoms with E-state index in [-0.39, 0.29) is 6.42 Å². The number of hydrogen-bond donors (Lipinski definition) is 1. The van der Waals surface area contributed by atoms with Crippen LogP contribution in [0.1, 0.15) is 19.3 Å². The third-order valence-electron chi connectivity index (χ3n) is 2.91. The first-order chi connectivity index (χ1) is 9.46. The highest BCUT2D eigenvalue weighted by Crippen LogP contribution is 2.25.